The molecule has 0 saturated heterocycles. The first-order valence-electron chi connectivity index (χ1n) is 7.37. The average Bonchev–Trinajstić information content (AvgIpc) is 2.82. The first-order valence-corrected chi connectivity index (χ1v) is 7.37. The highest BCUT2D eigenvalue weighted by Gasteiger charge is 2.45. The molecule has 0 spiro atoms. The number of nitrogens with zero attached hydrogens (tertiary/aromatic N) is 2. The molecule has 1 aromatic rings. The number of aryl methyl sites for hydroxylation is 1. The Balaban J connectivity index is 2.49. The van der Waals surface area contributed by atoms with Gasteiger partial charge in [0.05, 0.1) is 13.3 Å². The maximum atomic E-state index is 11.3. The van der Waals surface area contributed by atoms with Crippen molar-refractivity contribution in [1.82, 2.24) is 9.78 Å². The predicted octanol–water partition coefficient (Wildman–Crippen LogP) is 2.95. The fourth-order valence-corrected chi connectivity index (χ4v) is 3.56. The first-order chi connectivity index (χ1) is 9.04. The molecule has 1 N–H and O–H groups in total. The number of ether oxygens (including phenoxy) is 1. The van der Waals surface area contributed by atoms with Crippen molar-refractivity contribution in [3.8, 4) is 5.75 Å². The molecule has 1 fully saturated rings. The van der Waals surface area contributed by atoms with Gasteiger partial charge < -0.3 is 9.84 Å². The van der Waals surface area contributed by atoms with Crippen LogP contribution in [-0.2, 0) is 12.1 Å². The maximum absolute atomic E-state index is 11.3. The predicted molar refractivity (Wildman–Crippen MR) is 75.1 cm³/mol. The molecule has 1 aromatic heterocycles. The van der Waals surface area contributed by atoms with Gasteiger partial charge in [-0.15, -0.1) is 0 Å². The third kappa shape index (κ3) is 2.38. The van der Waals surface area contributed by atoms with Crippen LogP contribution < -0.4 is 4.74 Å². The second-order valence-corrected chi connectivity index (χ2v) is 5.90. The summed E-state index contributed by atoms with van der Waals surface area (Å²) in [5.74, 6) is 1.45. The Hall–Kier alpha value is -1.03. The highest BCUT2D eigenvalue weighted by atomic mass is 16.5. The van der Waals surface area contributed by atoms with Crippen molar-refractivity contribution in [3.05, 3.63) is 11.9 Å². The molecule has 0 aromatic carbocycles. The molecule has 0 bridgehead atoms. The summed E-state index contributed by atoms with van der Waals surface area (Å²) in [6.45, 7) is 7.19. The van der Waals surface area contributed by atoms with Crippen LogP contribution in [0.4, 0.5) is 0 Å². The van der Waals surface area contributed by atoms with Crippen molar-refractivity contribution in [1.29, 1.82) is 0 Å². The van der Waals surface area contributed by atoms with Gasteiger partial charge in [0.2, 0.25) is 0 Å². The number of rotatable bonds is 4. The van der Waals surface area contributed by atoms with Crippen molar-refractivity contribution < 1.29 is 9.84 Å². The minimum absolute atomic E-state index is 0.275. The van der Waals surface area contributed by atoms with Crippen LogP contribution in [-0.4, -0.2) is 22.0 Å². The van der Waals surface area contributed by atoms with Crippen LogP contribution in [0, 0.1) is 11.8 Å². The van der Waals surface area contributed by atoms with Gasteiger partial charge in [0.25, 0.3) is 0 Å². The summed E-state index contributed by atoms with van der Waals surface area (Å²) in [5.41, 5.74) is 0.0699. The molecule has 0 amide bonds. The van der Waals surface area contributed by atoms with Crippen LogP contribution in [0.3, 0.4) is 0 Å². The zero-order chi connectivity index (χ0) is 14.0. The lowest BCUT2D eigenvalue weighted by Gasteiger charge is -2.42. The van der Waals surface area contributed by atoms with E-state index in [1.54, 1.807) is 13.3 Å². The van der Waals surface area contributed by atoms with Crippen LogP contribution in [0.2, 0.25) is 0 Å². The van der Waals surface area contributed by atoms with Gasteiger partial charge in [0.15, 0.2) is 5.75 Å². The maximum Gasteiger partial charge on any atom is 0.162 e. The lowest BCUT2D eigenvalue weighted by Crippen LogP contribution is -2.42. The van der Waals surface area contributed by atoms with Crippen molar-refractivity contribution in [2.24, 2.45) is 11.8 Å². The van der Waals surface area contributed by atoms with E-state index in [9.17, 15) is 5.11 Å². The Morgan fingerprint density at radius 2 is 2.26 bits per heavy atom. The molecular formula is C15H26N2O2. The molecule has 2 atom stereocenters. The second kappa shape index (κ2) is 5.53. The van der Waals surface area contributed by atoms with Gasteiger partial charge in [-0.25, -0.2) is 0 Å². The summed E-state index contributed by atoms with van der Waals surface area (Å²) in [4.78, 5) is 0. The summed E-state index contributed by atoms with van der Waals surface area (Å²) >= 11 is 0. The van der Waals surface area contributed by atoms with Crippen molar-refractivity contribution in [2.75, 3.05) is 7.11 Å². The number of methoxy groups -OCH3 is 1. The van der Waals surface area contributed by atoms with E-state index in [2.05, 4.69) is 18.9 Å². The quantitative estimate of drug-likeness (QED) is 0.911. The summed E-state index contributed by atoms with van der Waals surface area (Å²) in [7, 11) is 1.65. The van der Waals surface area contributed by atoms with Crippen molar-refractivity contribution in [3.63, 3.8) is 0 Å². The third-order valence-electron chi connectivity index (χ3n) is 4.48. The van der Waals surface area contributed by atoms with Gasteiger partial charge in [0, 0.05) is 6.54 Å². The van der Waals surface area contributed by atoms with Crippen LogP contribution >= 0.6 is 0 Å². The zero-order valence-electron chi connectivity index (χ0n) is 12.5. The highest BCUT2D eigenvalue weighted by Crippen LogP contribution is 2.47. The Morgan fingerprint density at radius 3 is 2.84 bits per heavy atom. The van der Waals surface area contributed by atoms with Crippen LogP contribution in [0.1, 0.15) is 52.1 Å². The zero-order valence-corrected chi connectivity index (χ0v) is 12.5. The molecule has 108 valence electrons. The van der Waals surface area contributed by atoms with E-state index in [1.165, 1.54) is 6.42 Å². The number of aliphatic hydroxyl groups is 1. The molecule has 1 saturated carbocycles. The summed E-state index contributed by atoms with van der Waals surface area (Å²) in [6, 6.07) is 0. The van der Waals surface area contributed by atoms with E-state index in [0.717, 1.165) is 37.3 Å². The summed E-state index contributed by atoms with van der Waals surface area (Å²) in [6.07, 6.45) is 5.87. The number of aromatic nitrogens is 2. The largest absolute Gasteiger partial charge is 0.493 e. The van der Waals surface area contributed by atoms with Gasteiger partial charge in [-0.2, -0.15) is 5.10 Å². The van der Waals surface area contributed by atoms with Crippen LogP contribution in [0.25, 0.3) is 0 Å². The number of hydrogen-bond donors (Lipinski definition) is 1. The molecule has 19 heavy (non-hydrogen) atoms. The van der Waals surface area contributed by atoms with Gasteiger partial charge in [-0.05, 0) is 31.6 Å². The molecular weight excluding hydrogens is 240 g/mol. The minimum Gasteiger partial charge on any atom is -0.493 e. The van der Waals surface area contributed by atoms with E-state index < -0.39 is 5.60 Å². The summed E-state index contributed by atoms with van der Waals surface area (Å²) in [5, 5.41) is 15.7. The number of hydrogen-bond acceptors (Lipinski definition) is 3. The molecule has 1 aliphatic carbocycles. The monoisotopic (exact) mass is 266 g/mol. The highest BCUT2D eigenvalue weighted by molar-refractivity contribution is 5.32. The molecule has 1 aliphatic rings. The Bertz CT molecular complexity index is 406. The molecule has 2 unspecified atom stereocenters. The topological polar surface area (TPSA) is 47.3 Å². The Kier molecular flexibility index (Phi) is 4.19. The van der Waals surface area contributed by atoms with E-state index in [1.807, 2.05) is 11.6 Å². The third-order valence-corrected chi connectivity index (χ3v) is 4.48. The van der Waals surface area contributed by atoms with Gasteiger partial charge in [-0.3, -0.25) is 4.68 Å². The van der Waals surface area contributed by atoms with Crippen LogP contribution in [0.15, 0.2) is 6.20 Å². The van der Waals surface area contributed by atoms with Crippen LogP contribution in [0.5, 0.6) is 5.75 Å². The molecule has 0 aliphatic heterocycles. The average molecular weight is 266 g/mol. The lowest BCUT2D eigenvalue weighted by atomic mass is 9.68. The lowest BCUT2D eigenvalue weighted by molar-refractivity contribution is -0.0797. The van der Waals surface area contributed by atoms with Gasteiger partial charge in [-0.1, -0.05) is 26.7 Å². The van der Waals surface area contributed by atoms with Gasteiger partial charge >= 0.3 is 0 Å². The fraction of sp³-hybridized carbons (Fsp3) is 0.800. The molecule has 1 heterocycles. The molecule has 2 rings (SSSR count). The first kappa shape index (κ1) is 14.4. The standard InChI is InChI=1S/C15H26N2O2/c1-5-17-14(13(19-4)10-16-17)15(18)9-7-6-8-12(15)11(2)3/h10-12,18H,5-9H2,1-4H3. The summed E-state index contributed by atoms with van der Waals surface area (Å²) < 4.78 is 7.32. The fourth-order valence-electron chi connectivity index (χ4n) is 3.56. The molecule has 4 heteroatoms. The molecule has 0 radical (unpaired) electrons. The van der Waals surface area contributed by atoms with E-state index in [4.69, 9.17) is 4.74 Å². The van der Waals surface area contributed by atoms with E-state index in [-0.39, 0.29) is 5.92 Å². The Labute approximate surface area is 115 Å². The SMILES string of the molecule is CCn1ncc(OC)c1C1(O)CCCCC1C(C)C. The minimum atomic E-state index is -0.801. The van der Waals surface area contributed by atoms with Crippen molar-refractivity contribution >= 4 is 0 Å². The van der Waals surface area contributed by atoms with Gasteiger partial charge in [0.1, 0.15) is 11.3 Å². The van der Waals surface area contributed by atoms with Crippen molar-refractivity contribution in [2.45, 2.75) is 58.6 Å². The van der Waals surface area contributed by atoms with E-state index in [0.29, 0.717) is 5.92 Å². The Morgan fingerprint density at radius 1 is 1.53 bits per heavy atom. The molecule has 4 nitrogen and oxygen atoms in total. The smallest absolute Gasteiger partial charge is 0.162 e. The van der Waals surface area contributed by atoms with E-state index >= 15 is 0 Å². The second-order valence-electron chi connectivity index (χ2n) is 5.90. The normalized spacial score (nSPS) is 27.8.